The van der Waals surface area contributed by atoms with Crippen molar-refractivity contribution in [2.45, 2.75) is 6.54 Å². The largest absolute Gasteiger partial charge is 0.493 e. The zero-order chi connectivity index (χ0) is 22.4. The highest BCUT2D eigenvalue weighted by atomic mass is 16.6. The second kappa shape index (κ2) is 9.59. The van der Waals surface area contributed by atoms with Crippen molar-refractivity contribution in [3.63, 3.8) is 0 Å². The first-order valence-electron chi connectivity index (χ1n) is 8.69. The molecule has 0 aliphatic heterocycles. The molecular weight excluding hydrogens is 396 g/mol. The van der Waals surface area contributed by atoms with E-state index in [0.29, 0.717) is 11.1 Å². The molecule has 0 aliphatic rings. The van der Waals surface area contributed by atoms with Crippen LogP contribution in [0.3, 0.4) is 0 Å². The molecule has 0 bridgehead atoms. The van der Waals surface area contributed by atoms with Crippen molar-refractivity contribution < 1.29 is 33.5 Å². The molecule has 30 heavy (non-hydrogen) atoms. The summed E-state index contributed by atoms with van der Waals surface area (Å²) in [5.74, 6) is -1.15. The van der Waals surface area contributed by atoms with Crippen LogP contribution in [0.15, 0.2) is 30.3 Å². The van der Waals surface area contributed by atoms with Gasteiger partial charge in [0.15, 0.2) is 5.75 Å². The van der Waals surface area contributed by atoms with E-state index in [-0.39, 0.29) is 29.4 Å². The summed E-state index contributed by atoms with van der Waals surface area (Å²) in [6, 6.07) is 7.72. The first-order valence-corrected chi connectivity index (χ1v) is 8.69. The summed E-state index contributed by atoms with van der Waals surface area (Å²) in [6.45, 7) is 0.147. The van der Waals surface area contributed by atoms with E-state index < -0.39 is 22.5 Å². The highest BCUT2D eigenvalue weighted by molar-refractivity contribution is 6.00. The number of rotatable bonds is 8. The number of esters is 1. The Balaban J connectivity index is 2.41. The molecule has 1 amide bonds. The van der Waals surface area contributed by atoms with E-state index >= 15 is 0 Å². The van der Waals surface area contributed by atoms with Gasteiger partial charge in [-0.05, 0) is 17.7 Å². The minimum atomic E-state index is -0.701. The van der Waals surface area contributed by atoms with Crippen LogP contribution in [0.1, 0.15) is 26.3 Å². The van der Waals surface area contributed by atoms with Crippen LogP contribution in [-0.2, 0) is 11.3 Å². The van der Waals surface area contributed by atoms with Crippen LogP contribution >= 0.6 is 0 Å². The van der Waals surface area contributed by atoms with E-state index in [0.717, 1.165) is 0 Å². The summed E-state index contributed by atoms with van der Waals surface area (Å²) in [5, 5.41) is 11.7. The maximum Gasteiger partial charge on any atom is 0.337 e. The third kappa shape index (κ3) is 4.43. The van der Waals surface area contributed by atoms with Crippen LogP contribution in [0.25, 0.3) is 0 Å². The van der Waals surface area contributed by atoms with Gasteiger partial charge in [0, 0.05) is 19.7 Å². The minimum absolute atomic E-state index is 0.0179. The number of methoxy groups -OCH3 is 4. The lowest BCUT2D eigenvalue weighted by atomic mass is 10.1. The topological polar surface area (TPSA) is 117 Å². The first-order chi connectivity index (χ1) is 14.3. The molecule has 0 fully saturated rings. The normalized spacial score (nSPS) is 10.2. The molecule has 0 saturated carbocycles. The number of nitro groups is 1. The van der Waals surface area contributed by atoms with Crippen LogP contribution in [0.5, 0.6) is 17.2 Å². The van der Waals surface area contributed by atoms with Gasteiger partial charge in [-0.15, -0.1) is 0 Å². The van der Waals surface area contributed by atoms with Gasteiger partial charge in [0.1, 0.15) is 5.56 Å². The molecule has 0 aliphatic carbocycles. The maximum absolute atomic E-state index is 13.0. The Kier molecular flexibility index (Phi) is 7.18. The molecule has 160 valence electrons. The molecule has 2 rings (SSSR count). The van der Waals surface area contributed by atoms with Gasteiger partial charge in [-0.25, -0.2) is 4.79 Å². The van der Waals surface area contributed by atoms with Crippen LogP contribution in [0.4, 0.5) is 5.69 Å². The number of hydrogen-bond donors (Lipinski definition) is 0. The molecule has 2 aromatic rings. The fourth-order valence-corrected chi connectivity index (χ4v) is 2.90. The third-order valence-corrected chi connectivity index (χ3v) is 4.36. The lowest BCUT2D eigenvalue weighted by Crippen LogP contribution is -2.27. The number of hydrogen-bond acceptors (Lipinski definition) is 8. The molecule has 0 saturated heterocycles. The van der Waals surface area contributed by atoms with Gasteiger partial charge in [0.2, 0.25) is 11.5 Å². The van der Waals surface area contributed by atoms with Crippen LogP contribution in [0.2, 0.25) is 0 Å². The summed E-state index contributed by atoms with van der Waals surface area (Å²) in [5.41, 5.74) is 0.361. The predicted octanol–water partition coefficient (Wildman–Crippen LogP) is 2.68. The van der Waals surface area contributed by atoms with E-state index in [2.05, 4.69) is 4.74 Å². The van der Waals surface area contributed by atoms with E-state index in [1.165, 1.54) is 46.5 Å². The minimum Gasteiger partial charge on any atom is -0.493 e. The molecule has 0 aromatic heterocycles. The van der Waals surface area contributed by atoms with Gasteiger partial charge in [-0.1, -0.05) is 12.1 Å². The van der Waals surface area contributed by atoms with Crippen molar-refractivity contribution in [3.8, 4) is 17.2 Å². The van der Waals surface area contributed by atoms with Crippen molar-refractivity contribution in [2.24, 2.45) is 0 Å². The van der Waals surface area contributed by atoms with Gasteiger partial charge in [0.05, 0.1) is 38.9 Å². The van der Waals surface area contributed by atoms with E-state index in [4.69, 9.17) is 14.2 Å². The number of ether oxygens (including phenoxy) is 4. The number of nitrogens with zero attached hydrogens (tertiary/aromatic N) is 2. The molecule has 0 spiro atoms. The van der Waals surface area contributed by atoms with Crippen molar-refractivity contribution in [1.82, 2.24) is 4.90 Å². The summed E-state index contributed by atoms with van der Waals surface area (Å²) < 4.78 is 20.2. The second-order valence-corrected chi connectivity index (χ2v) is 6.15. The van der Waals surface area contributed by atoms with Crippen molar-refractivity contribution >= 4 is 17.6 Å². The summed E-state index contributed by atoms with van der Waals surface area (Å²) in [6.07, 6.45) is 0. The SMILES string of the molecule is COC(=O)c1ccc(CN(C)C(=O)c2cc(OC)c(OC)c(OC)c2[N+](=O)[O-])cc1. The quantitative estimate of drug-likeness (QED) is 0.365. The van der Waals surface area contributed by atoms with E-state index in [9.17, 15) is 19.7 Å². The summed E-state index contributed by atoms with van der Waals surface area (Å²) in [4.78, 5) is 36.9. The predicted molar refractivity (Wildman–Crippen MR) is 106 cm³/mol. The number of nitro benzene ring substituents is 1. The highest BCUT2D eigenvalue weighted by Gasteiger charge is 2.33. The zero-order valence-electron chi connectivity index (χ0n) is 17.3. The molecule has 0 heterocycles. The third-order valence-electron chi connectivity index (χ3n) is 4.36. The summed E-state index contributed by atoms with van der Waals surface area (Å²) in [7, 11) is 6.70. The van der Waals surface area contributed by atoms with E-state index in [1.807, 2.05) is 0 Å². The average molecular weight is 418 g/mol. The molecule has 10 nitrogen and oxygen atoms in total. The first kappa shape index (κ1) is 22.5. The van der Waals surface area contributed by atoms with E-state index in [1.54, 1.807) is 24.3 Å². The molecule has 2 aromatic carbocycles. The number of carbonyl (C=O) groups excluding carboxylic acids is 2. The molecule has 10 heteroatoms. The summed E-state index contributed by atoms with van der Waals surface area (Å²) >= 11 is 0. The van der Waals surface area contributed by atoms with Gasteiger partial charge < -0.3 is 23.8 Å². The lowest BCUT2D eigenvalue weighted by Gasteiger charge is -2.20. The van der Waals surface area contributed by atoms with Crippen LogP contribution < -0.4 is 14.2 Å². The van der Waals surface area contributed by atoms with Gasteiger partial charge in [-0.3, -0.25) is 14.9 Å². The van der Waals surface area contributed by atoms with Gasteiger partial charge in [-0.2, -0.15) is 0 Å². The van der Waals surface area contributed by atoms with Gasteiger partial charge >= 0.3 is 11.7 Å². The van der Waals surface area contributed by atoms with Crippen LogP contribution in [-0.4, -0.2) is 57.2 Å². The Morgan fingerprint density at radius 3 is 2.07 bits per heavy atom. The number of carbonyl (C=O) groups is 2. The number of amides is 1. The Hall–Kier alpha value is -3.82. The van der Waals surface area contributed by atoms with Crippen LogP contribution in [0, 0.1) is 10.1 Å². The van der Waals surface area contributed by atoms with Crippen molar-refractivity contribution in [1.29, 1.82) is 0 Å². The fraction of sp³-hybridized carbons (Fsp3) is 0.300. The molecule has 0 unspecified atom stereocenters. The Bertz CT molecular complexity index is 956. The Labute approximate surface area is 173 Å². The lowest BCUT2D eigenvalue weighted by molar-refractivity contribution is -0.386. The molecule has 0 radical (unpaired) electrons. The average Bonchev–Trinajstić information content (AvgIpc) is 2.76. The molecule has 0 atom stereocenters. The standard InChI is InChI=1S/C20H22N2O8/c1-21(11-12-6-8-13(9-7-12)20(24)30-5)19(23)14-10-15(27-2)17(28-3)18(29-4)16(14)22(25)26/h6-10H,11H2,1-5H3. The molecular formula is C20H22N2O8. The Morgan fingerprint density at radius 2 is 1.60 bits per heavy atom. The fourth-order valence-electron chi connectivity index (χ4n) is 2.90. The highest BCUT2D eigenvalue weighted by Crippen LogP contribution is 2.46. The molecule has 0 N–H and O–H groups in total. The van der Waals surface area contributed by atoms with Crippen molar-refractivity contribution in [2.75, 3.05) is 35.5 Å². The smallest absolute Gasteiger partial charge is 0.337 e. The second-order valence-electron chi connectivity index (χ2n) is 6.15. The van der Waals surface area contributed by atoms with Gasteiger partial charge in [0.25, 0.3) is 5.91 Å². The zero-order valence-corrected chi connectivity index (χ0v) is 17.3. The number of benzene rings is 2. The maximum atomic E-state index is 13.0. The monoisotopic (exact) mass is 418 g/mol. The Morgan fingerprint density at radius 1 is 1.00 bits per heavy atom. The van der Waals surface area contributed by atoms with Crippen molar-refractivity contribution in [3.05, 3.63) is 57.1 Å².